The molecular formula is C21H23N5O2S2. The monoisotopic (exact) mass is 441 g/mol. The van der Waals surface area contributed by atoms with Crippen LogP contribution >= 0.6 is 22.7 Å². The van der Waals surface area contributed by atoms with Crippen molar-refractivity contribution in [3.63, 3.8) is 0 Å². The highest BCUT2D eigenvalue weighted by molar-refractivity contribution is 7.19. The SMILES string of the molecule is Cc1sc2ncnc(N3CCC(C(=O)Nc4nc5c(s4)C(=O)CCC5)CC3)c2c1C. The molecule has 1 saturated heterocycles. The second-order valence-electron chi connectivity index (χ2n) is 7.98. The Balaban J connectivity index is 1.26. The average Bonchev–Trinajstić information content (AvgIpc) is 3.29. The van der Waals surface area contributed by atoms with Gasteiger partial charge in [-0.2, -0.15) is 0 Å². The van der Waals surface area contributed by atoms with Gasteiger partial charge in [0.15, 0.2) is 10.9 Å². The van der Waals surface area contributed by atoms with Crippen LogP contribution in [0.4, 0.5) is 10.9 Å². The van der Waals surface area contributed by atoms with Gasteiger partial charge in [-0.05, 0) is 45.1 Å². The molecule has 1 fully saturated rings. The van der Waals surface area contributed by atoms with Crippen LogP contribution in [-0.2, 0) is 11.2 Å². The second-order valence-corrected chi connectivity index (χ2v) is 10.2. The Morgan fingerprint density at radius 3 is 2.73 bits per heavy atom. The minimum absolute atomic E-state index is 0.00332. The van der Waals surface area contributed by atoms with Crippen molar-refractivity contribution >= 4 is 55.5 Å². The van der Waals surface area contributed by atoms with Crippen LogP contribution in [-0.4, -0.2) is 39.7 Å². The van der Waals surface area contributed by atoms with Crippen LogP contribution in [0.1, 0.15) is 51.5 Å². The Kier molecular flexibility index (Phi) is 5.02. The number of carbonyl (C=O) groups excluding carboxylic acids is 2. The highest BCUT2D eigenvalue weighted by Crippen LogP contribution is 2.36. The zero-order chi connectivity index (χ0) is 20.8. The first-order chi connectivity index (χ1) is 14.5. The summed E-state index contributed by atoms with van der Waals surface area (Å²) < 4.78 is 0. The lowest BCUT2D eigenvalue weighted by molar-refractivity contribution is -0.120. The molecule has 4 heterocycles. The minimum atomic E-state index is -0.0551. The van der Waals surface area contributed by atoms with E-state index < -0.39 is 0 Å². The molecule has 3 aromatic rings. The third kappa shape index (κ3) is 3.39. The minimum Gasteiger partial charge on any atom is -0.356 e. The Bertz CT molecular complexity index is 1140. The molecule has 1 amide bonds. The Morgan fingerprint density at radius 1 is 1.17 bits per heavy atom. The summed E-state index contributed by atoms with van der Waals surface area (Å²) in [5, 5.41) is 4.66. The van der Waals surface area contributed by atoms with Gasteiger partial charge in [0.05, 0.1) is 16.0 Å². The van der Waals surface area contributed by atoms with Crippen molar-refractivity contribution in [1.82, 2.24) is 15.0 Å². The average molecular weight is 442 g/mol. The van der Waals surface area contributed by atoms with Gasteiger partial charge >= 0.3 is 0 Å². The molecule has 0 bridgehead atoms. The Hall–Kier alpha value is -2.39. The molecule has 7 nitrogen and oxygen atoms in total. The van der Waals surface area contributed by atoms with Crippen LogP contribution in [0.25, 0.3) is 10.2 Å². The summed E-state index contributed by atoms with van der Waals surface area (Å²) in [6.07, 6.45) is 5.42. The van der Waals surface area contributed by atoms with Gasteiger partial charge in [-0.3, -0.25) is 9.59 Å². The number of fused-ring (bicyclic) bond motifs is 2. The maximum atomic E-state index is 12.8. The molecule has 1 aliphatic heterocycles. The number of nitrogens with one attached hydrogen (secondary N) is 1. The highest BCUT2D eigenvalue weighted by atomic mass is 32.1. The molecule has 5 rings (SSSR count). The first-order valence-corrected chi connectivity index (χ1v) is 11.9. The predicted octanol–water partition coefficient (Wildman–Crippen LogP) is 4.14. The first kappa shape index (κ1) is 19.6. The summed E-state index contributed by atoms with van der Waals surface area (Å²) in [4.78, 5) is 43.6. The quantitative estimate of drug-likeness (QED) is 0.657. The van der Waals surface area contributed by atoms with Gasteiger partial charge in [-0.15, -0.1) is 11.3 Å². The fraction of sp³-hybridized carbons (Fsp3) is 0.476. The number of aryl methyl sites for hydroxylation is 3. The van der Waals surface area contributed by atoms with E-state index in [0.29, 0.717) is 11.6 Å². The highest BCUT2D eigenvalue weighted by Gasteiger charge is 2.29. The molecule has 0 saturated carbocycles. The first-order valence-electron chi connectivity index (χ1n) is 10.3. The second kappa shape index (κ2) is 7.70. The Morgan fingerprint density at radius 2 is 1.97 bits per heavy atom. The zero-order valence-corrected chi connectivity index (χ0v) is 18.7. The van der Waals surface area contributed by atoms with Gasteiger partial charge in [0, 0.05) is 30.3 Å². The number of carbonyl (C=O) groups is 2. The van der Waals surface area contributed by atoms with Gasteiger partial charge in [0.2, 0.25) is 5.91 Å². The van der Waals surface area contributed by atoms with E-state index in [1.807, 2.05) is 0 Å². The van der Waals surface area contributed by atoms with Gasteiger partial charge in [0.25, 0.3) is 0 Å². The lowest BCUT2D eigenvalue weighted by Crippen LogP contribution is -2.38. The van der Waals surface area contributed by atoms with Crippen molar-refractivity contribution in [1.29, 1.82) is 0 Å². The maximum absolute atomic E-state index is 12.8. The van der Waals surface area contributed by atoms with Crippen LogP contribution in [0, 0.1) is 19.8 Å². The van der Waals surface area contributed by atoms with E-state index in [2.05, 4.69) is 39.0 Å². The summed E-state index contributed by atoms with van der Waals surface area (Å²) in [6, 6.07) is 0. The molecule has 0 unspecified atom stereocenters. The molecule has 1 aliphatic carbocycles. The summed E-state index contributed by atoms with van der Waals surface area (Å²) in [5.41, 5.74) is 2.09. The number of piperidine rings is 1. The van der Waals surface area contributed by atoms with Crippen molar-refractivity contribution in [3.8, 4) is 0 Å². The number of hydrogen-bond acceptors (Lipinski definition) is 8. The topological polar surface area (TPSA) is 88.1 Å². The number of hydrogen-bond donors (Lipinski definition) is 1. The van der Waals surface area contributed by atoms with Gasteiger partial charge in [-0.25, -0.2) is 15.0 Å². The summed E-state index contributed by atoms with van der Waals surface area (Å²) in [7, 11) is 0. The number of Topliss-reactive ketones (excluding diaryl/α,β-unsaturated/α-hetero) is 1. The molecule has 0 aromatic carbocycles. The number of nitrogens with zero attached hydrogens (tertiary/aromatic N) is 4. The number of rotatable bonds is 3. The predicted molar refractivity (Wildman–Crippen MR) is 120 cm³/mol. The van der Waals surface area contributed by atoms with E-state index in [4.69, 9.17) is 0 Å². The lowest BCUT2D eigenvalue weighted by atomic mass is 9.95. The normalized spacial score (nSPS) is 17.4. The molecule has 1 N–H and O–H groups in total. The molecule has 30 heavy (non-hydrogen) atoms. The van der Waals surface area contributed by atoms with Crippen molar-refractivity contribution in [2.75, 3.05) is 23.3 Å². The van der Waals surface area contributed by atoms with Gasteiger partial charge in [0.1, 0.15) is 17.0 Å². The maximum Gasteiger partial charge on any atom is 0.229 e. The van der Waals surface area contributed by atoms with Crippen LogP contribution < -0.4 is 10.2 Å². The van der Waals surface area contributed by atoms with Crippen molar-refractivity contribution in [3.05, 3.63) is 27.3 Å². The van der Waals surface area contributed by atoms with Gasteiger partial charge < -0.3 is 10.2 Å². The number of aromatic nitrogens is 3. The van der Waals surface area contributed by atoms with Crippen LogP contribution in [0.2, 0.25) is 0 Å². The van der Waals surface area contributed by atoms with E-state index in [1.54, 1.807) is 17.7 Å². The molecule has 0 spiro atoms. The summed E-state index contributed by atoms with van der Waals surface area (Å²) in [5.74, 6) is 1.08. The fourth-order valence-corrected chi connectivity index (χ4v) is 6.26. The third-order valence-electron chi connectivity index (χ3n) is 6.11. The van der Waals surface area contributed by atoms with E-state index in [-0.39, 0.29) is 17.6 Å². The van der Waals surface area contributed by atoms with E-state index in [9.17, 15) is 9.59 Å². The van der Waals surface area contributed by atoms with Gasteiger partial charge in [-0.1, -0.05) is 11.3 Å². The van der Waals surface area contributed by atoms with Crippen LogP contribution in [0.15, 0.2) is 6.33 Å². The fourth-order valence-electron chi connectivity index (χ4n) is 4.29. The van der Waals surface area contributed by atoms with Crippen LogP contribution in [0.5, 0.6) is 0 Å². The van der Waals surface area contributed by atoms with E-state index in [1.165, 1.54) is 21.8 Å². The molecule has 3 aromatic heterocycles. The standard InChI is InChI=1S/C21H23N5O2S2/c1-11-12(2)29-20-16(11)18(22-10-23-20)26-8-6-13(7-9-26)19(28)25-21-24-14-4-3-5-15(27)17(14)30-21/h10,13H,3-9H2,1-2H3,(H,24,25,28). The van der Waals surface area contributed by atoms with E-state index in [0.717, 1.165) is 65.4 Å². The smallest absolute Gasteiger partial charge is 0.229 e. The van der Waals surface area contributed by atoms with E-state index >= 15 is 0 Å². The number of thiazole rings is 1. The molecule has 156 valence electrons. The summed E-state index contributed by atoms with van der Waals surface area (Å²) in [6.45, 7) is 5.81. The lowest BCUT2D eigenvalue weighted by Gasteiger charge is -2.32. The van der Waals surface area contributed by atoms with Crippen LogP contribution in [0.3, 0.4) is 0 Å². The zero-order valence-electron chi connectivity index (χ0n) is 17.0. The number of ketones is 1. The Labute approximate surface area is 182 Å². The largest absolute Gasteiger partial charge is 0.356 e. The molecule has 2 aliphatic rings. The number of amides is 1. The molecule has 0 radical (unpaired) electrons. The van der Waals surface area contributed by atoms with Crippen molar-refractivity contribution in [2.45, 2.75) is 46.0 Å². The molecule has 9 heteroatoms. The molecular weight excluding hydrogens is 418 g/mol. The third-order valence-corrected chi connectivity index (χ3v) is 8.28. The van der Waals surface area contributed by atoms with Crippen molar-refractivity contribution in [2.24, 2.45) is 5.92 Å². The number of anilines is 2. The molecule has 0 atom stereocenters. The number of thiophene rings is 1. The summed E-state index contributed by atoms with van der Waals surface area (Å²) >= 11 is 3.02. The van der Waals surface area contributed by atoms with Crippen molar-refractivity contribution < 1.29 is 9.59 Å².